The largest absolute Gasteiger partial charge is 0.450 e. The van der Waals surface area contributed by atoms with Crippen LogP contribution in [0, 0.1) is 0 Å². The van der Waals surface area contributed by atoms with E-state index < -0.39 is 0 Å². The first kappa shape index (κ1) is 11.0. The van der Waals surface area contributed by atoms with Crippen molar-refractivity contribution >= 4 is 6.09 Å². The Hall–Kier alpha value is -1.03. The molecule has 0 bridgehead atoms. The summed E-state index contributed by atoms with van der Waals surface area (Å²) in [6.45, 7) is 5.67. The average molecular weight is 198 g/mol. The molecule has 1 aliphatic heterocycles. The van der Waals surface area contributed by atoms with Gasteiger partial charge in [-0.25, -0.2) is 4.79 Å². The third kappa shape index (κ3) is 2.48. The highest BCUT2D eigenvalue weighted by atomic mass is 16.6. The molecule has 0 aromatic rings. The molecular weight excluding hydrogens is 180 g/mol. The Morgan fingerprint density at radius 2 is 2.50 bits per heavy atom. The highest BCUT2D eigenvalue weighted by Crippen LogP contribution is 2.11. The summed E-state index contributed by atoms with van der Waals surface area (Å²) >= 11 is 0. The quantitative estimate of drug-likeness (QED) is 0.673. The van der Waals surface area contributed by atoms with E-state index in [1.165, 1.54) is 5.57 Å². The second-order valence-electron chi connectivity index (χ2n) is 3.39. The van der Waals surface area contributed by atoms with E-state index in [0.717, 1.165) is 0 Å². The summed E-state index contributed by atoms with van der Waals surface area (Å²) < 4.78 is 4.94. The number of nitrogens with zero attached hydrogens (tertiary/aromatic N) is 1. The predicted molar refractivity (Wildman–Crippen MR) is 55.2 cm³/mol. The Balaban J connectivity index is 2.56. The van der Waals surface area contributed by atoms with Crippen molar-refractivity contribution in [1.82, 2.24) is 10.2 Å². The average Bonchev–Trinajstić information content (AvgIpc) is 2.19. The molecule has 1 heterocycles. The molecule has 0 saturated carbocycles. The minimum absolute atomic E-state index is 0.225. The van der Waals surface area contributed by atoms with Crippen molar-refractivity contribution in [2.45, 2.75) is 19.9 Å². The van der Waals surface area contributed by atoms with Crippen LogP contribution in [0.3, 0.4) is 0 Å². The molecule has 1 N–H and O–H groups in total. The van der Waals surface area contributed by atoms with Crippen LogP contribution in [-0.2, 0) is 4.74 Å². The molecule has 1 unspecified atom stereocenters. The van der Waals surface area contributed by atoms with Gasteiger partial charge in [-0.05, 0) is 20.9 Å². The van der Waals surface area contributed by atoms with Gasteiger partial charge in [0.15, 0.2) is 0 Å². The van der Waals surface area contributed by atoms with E-state index in [-0.39, 0.29) is 12.1 Å². The van der Waals surface area contributed by atoms with Crippen LogP contribution < -0.4 is 5.32 Å². The van der Waals surface area contributed by atoms with Crippen LogP contribution in [0.5, 0.6) is 0 Å². The Morgan fingerprint density at radius 3 is 3.07 bits per heavy atom. The Kier molecular flexibility index (Phi) is 3.95. The van der Waals surface area contributed by atoms with Crippen molar-refractivity contribution in [2.24, 2.45) is 0 Å². The lowest BCUT2D eigenvalue weighted by molar-refractivity contribution is 0.107. The standard InChI is InChI=1S/C10H18N2O2/c1-4-14-10(13)12-6-5-8(2)9(7-12)11-3/h5,9,11H,4,6-7H2,1-3H3. The van der Waals surface area contributed by atoms with Crippen molar-refractivity contribution in [3.05, 3.63) is 11.6 Å². The van der Waals surface area contributed by atoms with E-state index in [2.05, 4.69) is 18.3 Å². The molecule has 80 valence electrons. The maximum Gasteiger partial charge on any atom is 0.410 e. The van der Waals surface area contributed by atoms with Gasteiger partial charge in [0.1, 0.15) is 0 Å². The molecule has 4 nitrogen and oxygen atoms in total. The fraction of sp³-hybridized carbons (Fsp3) is 0.700. The number of carbonyl (C=O) groups excluding carboxylic acids is 1. The first-order valence-electron chi connectivity index (χ1n) is 4.94. The van der Waals surface area contributed by atoms with Crippen LogP contribution in [0.15, 0.2) is 11.6 Å². The lowest BCUT2D eigenvalue weighted by Crippen LogP contribution is -2.46. The van der Waals surface area contributed by atoms with E-state index in [9.17, 15) is 4.79 Å². The van der Waals surface area contributed by atoms with Gasteiger partial charge in [-0.2, -0.15) is 0 Å². The molecule has 1 aliphatic rings. The first-order valence-corrected chi connectivity index (χ1v) is 4.94. The van der Waals surface area contributed by atoms with Crippen LogP contribution in [0.2, 0.25) is 0 Å². The number of nitrogens with one attached hydrogen (secondary N) is 1. The van der Waals surface area contributed by atoms with E-state index in [4.69, 9.17) is 4.74 Å². The summed E-state index contributed by atoms with van der Waals surface area (Å²) in [5, 5.41) is 3.16. The highest BCUT2D eigenvalue weighted by Gasteiger charge is 2.22. The number of amides is 1. The molecule has 0 aromatic heterocycles. The van der Waals surface area contributed by atoms with Crippen LogP contribution in [-0.4, -0.2) is 43.8 Å². The summed E-state index contributed by atoms with van der Waals surface area (Å²) in [5.74, 6) is 0. The maximum absolute atomic E-state index is 11.4. The summed E-state index contributed by atoms with van der Waals surface area (Å²) in [5.41, 5.74) is 1.29. The lowest BCUT2D eigenvalue weighted by atomic mass is 10.1. The molecule has 0 spiro atoms. The highest BCUT2D eigenvalue weighted by molar-refractivity contribution is 5.68. The summed E-state index contributed by atoms with van der Waals surface area (Å²) in [4.78, 5) is 13.1. The van der Waals surface area contributed by atoms with Gasteiger partial charge in [0.05, 0.1) is 6.61 Å². The van der Waals surface area contributed by atoms with Crippen molar-refractivity contribution < 1.29 is 9.53 Å². The van der Waals surface area contributed by atoms with Crippen molar-refractivity contribution in [3.8, 4) is 0 Å². The predicted octanol–water partition coefficient (Wildman–Crippen LogP) is 0.993. The number of ether oxygens (including phenoxy) is 1. The van der Waals surface area contributed by atoms with Crippen LogP contribution in [0.4, 0.5) is 4.79 Å². The van der Waals surface area contributed by atoms with Gasteiger partial charge in [0.25, 0.3) is 0 Å². The number of likely N-dealkylation sites (N-methyl/N-ethyl adjacent to an activating group) is 1. The second kappa shape index (κ2) is 5.00. The van der Waals surface area contributed by atoms with Gasteiger partial charge in [-0.15, -0.1) is 0 Å². The van der Waals surface area contributed by atoms with Crippen LogP contribution in [0.1, 0.15) is 13.8 Å². The van der Waals surface area contributed by atoms with E-state index in [1.54, 1.807) is 4.90 Å². The number of rotatable bonds is 2. The summed E-state index contributed by atoms with van der Waals surface area (Å²) in [7, 11) is 1.90. The zero-order valence-electron chi connectivity index (χ0n) is 9.04. The fourth-order valence-corrected chi connectivity index (χ4v) is 1.52. The Morgan fingerprint density at radius 1 is 1.79 bits per heavy atom. The smallest absolute Gasteiger partial charge is 0.410 e. The number of hydrogen-bond acceptors (Lipinski definition) is 3. The topological polar surface area (TPSA) is 41.6 Å². The molecule has 0 fully saturated rings. The summed E-state index contributed by atoms with van der Waals surface area (Å²) in [6.07, 6.45) is 1.83. The Bertz CT molecular complexity index is 238. The molecule has 0 aromatic carbocycles. The molecule has 14 heavy (non-hydrogen) atoms. The zero-order chi connectivity index (χ0) is 10.6. The van der Waals surface area contributed by atoms with Crippen molar-refractivity contribution in [2.75, 3.05) is 26.7 Å². The van der Waals surface area contributed by atoms with Crippen LogP contribution >= 0.6 is 0 Å². The monoisotopic (exact) mass is 198 g/mol. The SMILES string of the molecule is CCOC(=O)N1CC=C(C)C(NC)C1. The van der Waals surface area contributed by atoms with Gasteiger partial charge >= 0.3 is 6.09 Å². The van der Waals surface area contributed by atoms with Crippen molar-refractivity contribution in [1.29, 1.82) is 0 Å². The lowest BCUT2D eigenvalue weighted by Gasteiger charge is -2.30. The summed E-state index contributed by atoms with van der Waals surface area (Å²) in [6, 6.07) is 0.258. The normalized spacial score (nSPS) is 21.8. The minimum Gasteiger partial charge on any atom is -0.450 e. The molecule has 1 atom stereocenters. The maximum atomic E-state index is 11.4. The molecule has 4 heteroatoms. The molecule has 0 saturated heterocycles. The Labute approximate surface area is 84.9 Å². The second-order valence-corrected chi connectivity index (χ2v) is 3.39. The van der Waals surface area contributed by atoms with E-state index in [0.29, 0.717) is 19.7 Å². The molecule has 1 rings (SSSR count). The third-order valence-electron chi connectivity index (χ3n) is 2.46. The van der Waals surface area contributed by atoms with Gasteiger partial charge < -0.3 is 15.0 Å². The minimum atomic E-state index is -0.225. The molecular formula is C10H18N2O2. The van der Waals surface area contributed by atoms with Gasteiger partial charge in [-0.3, -0.25) is 0 Å². The molecule has 0 aliphatic carbocycles. The van der Waals surface area contributed by atoms with Gasteiger partial charge in [-0.1, -0.05) is 11.6 Å². The van der Waals surface area contributed by atoms with Gasteiger partial charge in [0, 0.05) is 19.1 Å². The number of carbonyl (C=O) groups is 1. The third-order valence-corrected chi connectivity index (χ3v) is 2.46. The van der Waals surface area contributed by atoms with E-state index in [1.807, 2.05) is 14.0 Å². The fourth-order valence-electron chi connectivity index (χ4n) is 1.52. The zero-order valence-corrected chi connectivity index (χ0v) is 9.04. The number of hydrogen-bond donors (Lipinski definition) is 1. The molecule has 1 amide bonds. The van der Waals surface area contributed by atoms with Crippen molar-refractivity contribution in [3.63, 3.8) is 0 Å². The first-order chi connectivity index (χ1) is 6.69. The van der Waals surface area contributed by atoms with Crippen LogP contribution in [0.25, 0.3) is 0 Å². The molecule has 0 radical (unpaired) electrons. The van der Waals surface area contributed by atoms with Gasteiger partial charge in [0.2, 0.25) is 0 Å². The van der Waals surface area contributed by atoms with E-state index >= 15 is 0 Å².